The molecule has 0 aromatic heterocycles. The van der Waals surface area contributed by atoms with Crippen molar-refractivity contribution in [3.63, 3.8) is 0 Å². The molecule has 1 saturated carbocycles. The smallest absolute Gasteiger partial charge is 0.312 e. The van der Waals surface area contributed by atoms with Gasteiger partial charge in [-0.25, -0.2) is 8.42 Å². The Morgan fingerprint density at radius 3 is 2.45 bits per heavy atom. The van der Waals surface area contributed by atoms with Crippen molar-refractivity contribution >= 4 is 21.6 Å². The first-order valence-electron chi connectivity index (χ1n) is 9.96. The predicted octanol–water partition coefficient (Wildman–Crippen LogP) is 2.84. The number of hydrogen-bond donors (Lipinski definition) is 1. The number of nitro groups is 1. The van der Waals surface area contributed by atoms with Crippen molar-refractivity contribution in [1.29, 1.82) is 0 Å². The summed E-state index contributed by atoms with van der Waals surface area (Å²) in [6, 6.07) is 3.58. The van der Waals surface area contributed by atoms with E-state index in [2.05, 4.69) is 5.32 Å². The average molecular weight is 428 g/mol. The Morgan fingerprint density at radius 2 is 1.90 bits per heavy atom. The van der Waals surface area contributed by atoms with Crippen molar-refractivity contribution in [2.75, 3.05) is 13.1 Å². The second-order valence-corrected chi connectivity index (χ2v) is 9.02. The number of carbonyl (C=O) groups is 1. The average Bonchev–Trinajstić information content (AvgIpc) is 2.69. The SMILES string of the molecule is CCN(CC)S(=O)(=O)c1ccc(O[C@@H](C)C(=O)NC2CCCCC2)c([N+](=O)[O-])c1. The number of carbonyl (C=O) groups excluding carboxylic acids is 1. The number of hydrogen-bond acceptors (Lipinski definition) is 6. The Bertz CT molecular complexity index is 832. The van der Waals surface area contributed by atoms with Crippen LogP contribution in [0.4, 0.5) is 5.69 Å². The number of ether oxygens (including phenoxy) is 1. The molecule has 1 amide bonds. The van der Waals surface area contributed by atoms with E-state index in [1.54, 1.807) is 13.8 Å². The molecule has 0 aliphatic heterocycles. The van der Waals surface area contributed by atoms with Crippen LogP contribution in [-0.2, 0) is 14.8 Å². The topological polar surface area (TPSA) is 119 Å². The zero-order chi connectivity index (χ0) is 21.6. The molecule has 10 heteroatoms. The molecule has 1 fully saturated rings. The minimum Gasteiger partial charge on any atom is -0.474 e. The van der Waals surface area contributed by atoms with Crippen LogP contribution in [0.15, 0.2) is 23.1 Å². The van der Waals surface area contributed by atoms with Gasteiger partial charge in [-0.3, -0.25) is 14.9 Å². The van der Waals surface area contributed by atoms with E-state index in [1.165, 1.54) is 23.4 Å². The minimum absolute atomic E-state index is 0.0962. The number of benzene rings is 1. The number of sulfonamides is 1. The summed E-state index contributed by atoms with van der Waals surface area (Å²) < 4.78 is 32.0. The highest BCUT2D eigenvalue weighted by Crippen LogP contribution is 2.31. The standard InChI is InChI=1S/C19H29N3O6S/c1-4-21(5-2)29(26,27)16-11-12-18(17(13-16)22(24)25)28-14(3)19(23)20-15-9-7-6-8-10-15/h11-15H,4-10H2,1-3H3,(H,20,23)/t14-/m0/s1. The maximum Gasteiger partial charge on any atom is 0.312 e. The van der Waals surface area contributed by atoms with Crippen LogP contribution in [0.3, 0.4) is 0 Å². The molecule has 29 heavy (non-hydrogen) atoms. The summed E-state index contributed by atoms with van der Waals surface area (Å²) in [7, 11) is -3.84. The molecule has 0 saturated heterocycles. The van der Waals surface area contributed by atoms with Gasteiger partial charge in [-0.15, -0.1) is 0 Å². The molecular formula is C19H29N3O6S. The lowest BCUT2D eigenvalue weighted by Crippen LogP contribution is -2.43. The zero-order valence-corrected chi connectivity index (χ0v) is 17.9. The summed E-state index contributed by atoms with van der Waals surface area (Å²) in [6.45, 7) is 5.41. The fourth-order valence-corrected chi connectivity index (χ4v) is 4.90. The molecule has 162 valence electrons. The Morgan fingerprint density at radius 1 is 1.28 bits per heavy atom. The van der Waals surface area contributed by atoms with Crippen LogP contribution >= 0.6 is 0 Å². The third-order valence-electron chi connectivity index (χ3n) is 5.09. The quantitative estimate of drug-likeness (QED) is 0.478. The van der Waals surface area contributed by atoms with E-state index in [0.717, 1.165) is 38.2 Å². The van der Waals surface area contributed by atoms with E-state index >= 15 is 0 Å². The van der Waals surface area contributed by atoms with Crippen LogP contribution in [0.2, 0.25) is 0 Å². The molecule has 0 heterocycles. The van der Waals surface area contributed by atoms with E-state index in [-0.39, 0.29) is 35.7 Å². The van der Waals surface area contributed by atoms with Gasteiger partial charge in [0, 0.05) is 25.2 Å². The summed E-state index contributed by atoms with van der Waals surface area (Å²) in [5, 5.41) is 14.4. The molecule has 1 aromatic carbocycles. The van der Waals surface area contributed by atoms with Gasteiger partial charge in [0.15, 0.2) is 11.9 Å². The molecule has 0 bridgehead atoms. The van der Waals surface area contributed by atoms with Crippen molar-refractivity contribution in [2.45, 2.75) is 69.9 Å². The number of amides is 1. The molecule has 1 N–H and O–H groups in total. The van der Waals surface area contributed by atoms with Crippen LogP contribution in [0.5, 0.6) is 5.75 Å². The number of nitrogens with zero attached hydrogens (tertiary/aromatic N) is 2. The summed E-state index contributed by atoms with van der Waals surface area (Å²) in [4.78, 5) is 23.0. The summed E-state index contributed by atoms with van der Waals surface area (Å²) >= 11 is 0. The molecular weight excluding hydrogens is 398 g/mol. The van der Waals surface area contributed by atoms with E-state index in [1.807, 2.05) is 0 Å². The number of nitrogens with one attached hydrogen (secondary N) is 1. The molecule has 1 atom stereocenters. The predicted molar refractivity (Wildman–Crippen MR) is 108 cm³/mol. The lowest BCUT2D eigenvalue weighted by atomic mass is 9.95. The third kappa shape index (κ3) is 5.66. The van der Waals surface area contributed by atoms with Crippen molar-refractivity contribution in [1.82, 2.24) is 9.62 Å². The largest absolute Gasteiger partial charge is 0.474 e. The maximum absolute atomic E-state index is 12.6. The molecule has 9 nitrogen and oxygen atoms in total. The molecule has 0 spiro atoms. The molecule has 1 aromatic rings. The lowest BCUT2D eigenvalue weighted by Gasteiger charge is -2.24. The second kappa shape index (κ2) is 10.0. The molecule has 1 aliphatic carbocycles. The third-order valence-corrected chi connectivity index (χ3v) is 7.14. The van der Waals surface area contributed by atoms with Gasteiger partial charge < -0.3 is 10.1 Å². The van der Waals surface area contributed by atoms with Gasteiger partial charge in [0.25, 0.3) is 5.91 Å². The zero-order valence-electron chi connectivity index (χ0n) is 17.1. The molecule has 0 radical (unpaired) electrons. The van der Waals surface area contributed by atoms with Crippen molar-refractivity contribution in [2.24, 2.45) is 0 Å². The number of nitro benzene ring substituents is 1. The van der Waals surface area contributed by atoms with Crippen molar-refractivity contribution < 1.29 is 22.9 Å². The summed E-state index contributed by atoms with van der Waals surface area (Å²) in [5.74, 6) is -0.481. The summed E-state index contributed by atoms with van der Waals surface area (Å²) in [5.41, 5.74) is -0.490. The first kappa shape index (κ1) is 23.1. The highest BCUT2D eigenvalue weighted by molar-refractivity contribution is 7.89. The van der Waals surface area contributed by atoms with E-state index in [9.17, 15) is 23.3 Å². The van der Waals surface area contributed by atoms with Crippen LogP contribution in [-0.4, -0.2) is 48.8 Å². The van der Waals surface area contributed by atoms with Crippen molar-refractivity contribution in [3.8, 4) is 5.75 Å². The molecule has 1 aliphatic rings. The monoisotopic (exact) mass is 427 g/mol. The first-order valence-corrected chi connectivity index (χ1v) is 11.4. The maximum atomic E-state index is 12.6. The molecule has 0 unspecified atom stereocenters. The minimum atomic E-state index is -3.84. The number of rotatable bonds is 9. The van der Waals surface area contributed by atoms with Gasteiger partial charge in [0.2, 0.25) is 10.0 Å². The van der Waals surface area contributed by atoms with Gasteiger partial charge in [-0.1, -0.05) is 33.1 Å². The molecule has 2 rings (SSSR count). The Labute approximate surface area is 171 Å². The van der Waals surface area contributed by atoms with Crippen LogP contribution in [0.1, 0.15) is 52.9 Å². The van der Waals surface area contributed by atoms with Crippen LogP contribution < -0.4 is 10.1 Å². The van der Waals surface area contributed by atoms with Gasteiger partial charge >= 0.3 is 5.69 Å². The second-order valence-electron chi connectivity index (χ2n) is 7.08. The van der Waals surface area contributed by atoms with E-state index in [4.69, 9.17) is 4.74 Å². The van der Waals surface area contributed by atoms with E-state index in [0.29, 0.717) is 0 Å². The van der Waals surface area contributed by atoms with Crippen LogP contribution in [0.25, 0.3) is 0 Å². The lowest BCUT2D eigenvalue weighted by molar-refractivity contribution is -0.386. The van der Waals surface area contributed by atoms with Crippen molar-refractivity contribution in [3.05, 3.63) is 28.3 Å². The van der Waals surface area contributed by atoms with Gasteiger partial charge in [0.05, 0.1) is 9.82 Å². The summed E-state index contributed by atoms with van der Waals surface area (Å²) in [6.07, 6.45) is 4.17. The normalized spacial score (nSPS) is 16.4. The Balaban J connectivity index is 2.20. The van der Waals surface area contributed by atoms with E-state index < -0.39 is 26.7 Å². The van der Waals surface area contributed by atoms with Gasteiger partial charge in [-0.05, 0) is 31.9 Å². The highest BCUT2D eigenvalue weighted by Gasteiger charge is 2.28. The fourth-order valence-electron chi connectivity index (χ4n) is 3.42. The van der Waals surface area contributed by atoms with Crippen LogP contribution in [0, 0.1) is 10.1 Å². The first-order chi connectivity index (χ1) is 13.7. The highest BCUT2D eigenvalue weighted by atomic mass is 32.2. The van der Waals surface area contributed by atoms with Gasteiger partial charge in [0.1, 0.15) is 0 Å². The Kier molecular flexibility index (Phi) is 7.97. The fraction of sp³-hybridized carbons (Fsp3) is 0.632. The Hall–Kier alpha value is -2.20. The van der Waals surface area contributed by atoms with Gasteiger partial charge in [-0.2, -0.15) is 4.31 Å².